The molecule has 0 atom stereocenters. The highest BCUT2D eigenvalue weighted by Crippen LogP contribution is 2.26. The number of hydrogen-bond donors (Lipinski definition) is 0. The Morgan fingerprint density at radius 3 is 2.24 bits per heavy atom. The van der Waals surface area contributed by atoms with Gasteiger partial charge in [-0.1, -0.05) is 11.6 Å². The number of benzene rings is 2. The number of carbonyl (C=O) groups is 2. The molecule has 2 rings (SSSR count). The zero-order valence-corrected chi connectivity index (χ0v) is 14.8. The number of carbonyl (C=O) groups excluding carboxylic acids is 2. The lowest BCUT2D eigenvalue weighted by atomic mass is 10.1. The largest absolute Gasteiger partial charge is 0.497 e. The first-order valence-electron chi connectivity index (χ1n) is 7.26. The smallest absolute Gasteiger partial charge is 0.342 e. The summed E-state index contributed by atoms with van der Waals surface area (Å²) in [5.74, 6) is 0.234. The highest BCUT2D eigenvalue weighted by molar-refractivity contribution is 6.32. The highest BCUT2D eigenvalue weighted by Gasteiger charge is 2.17. The van der Waals surface area contributed by atoms with Crippen molar-refractivity contribution < 1.29 is 28.5 Å². The molecule has 0 aromatic heterocycles. The molecule has 0 saturated heterocycles. The number of hydrogen-bond acceptors (Lipinski definition) is 6. The Morgan fingerprint density at radius 2 is 1.64 bits per heavy atom. The number of Topliss-reactive ketones (excluding diaryl/α,β-unsaturated/α-hetero) is 1. The number of ether oxygens (including phenoxy) is 4. The third-order valence-corrected chi connectivity index (χ3v) is 3.73. The van der Waals surface area contributed by atoms with Crippen molar-refractivity contribution in [2.45, 2.75) is 0 Å². The number of esters is 1. The van der Waals surface area contributed by atoms with Gasteiger partial charge in [0.25, 0.3) is 0 Å². The van der Waals surface area contributed by atoms with E-state index in [2.05, 4.69) is 0 Å². The number of halogens is 1. The van der Waals surface area contributed by atoms with Gasteiger partial charge in [0.1, 0.15) is 22.8 Å². The van der Waals surface area contributed by atoms with E-state index in [1.165, 1.54) is 33.5 Å². The van der Waals surface area contributed by atoms with Gasteiger partial charge in [0.2, 0.25) is 0 Å². The first-order valence-corrected chi connectivity index (χ1v) is 7.63. The predicted molar refractivity (Wildman–Crippen MR) is 92.2 cm³/mol. The first kappa shape index (κ1) is 18.6. The molecule has 132 valence electrons. The minimum atomic E-state index is -0.674. The van der Waals surface area contributed by atoms with Gasteiger partial charge in [-0.05, 0) is 30.3 Å². The van der Waals surface area contributed by atoms with Crippen molar-refractivity contribution in [1.29, 1.82) is 0 Å². The molecule has 0 unspecified atom stereocenters. The normalized spacial score (nSPS) is 10.1. The molecule has 0 aliphatic carbocycles. The maximum atomic E-state index is 12.2. The number of ketones is 1. The van der Waals surface area contributed by atoms with Gasteiger partial charge in [0.15, 0.2) is 12.4 Å². The van der Waals surface area contributed by atoms with E-state index in [-0.39, 0.29) is 11.3 Å². The molecule has 25 heavy (non-hydrogen) atoms. The van der Waals surface area contributed by atoms with Crippen LogP contribution in [0.3, 0.4) is 0 Å². The molecule has 0 saturated carbocycles. The summed E-state index contributed by atoms with van der Waals surface area (Å²) in [5, 5.41) is 0.302. The maximum Gasteiger partial charge on any atom is 0.342 e. The first-order chi connectivity index (χ1) is 12.0. The molecule has 2 aromatic carbocycles. The second-order valence-corrected chi connectivity index (χ2v) is 5.32. The van der Waals surface area contributed by atoms with Crippen molar-refractivity contribution in [3.8, 4) is 17.2 Å². The molecule has 0 spiro atoms. The van der Waals surface area contributed by atoms with Crippen LogP contribution < -0.4 is 14.2 Å². The van der Waals surface area contributed by atoms with Gasteiger partial charge in [-0.25, -0.2) is 4.79 Å². The van der Waals surface area contributed by atoms with E-state index in [0.717, 1.165) is 0 Å². The summed E-state index contributed by atoms with van der Waals surface area (Å²) in [5.41, 5.74) is 0.518. The number of rotatable bonds is 7. The standard InChI is InChI=1S/C18H17ClO6/c1-22-12-5-6-13(17(9-12)24-3)18(21)25-10-15(20)11-4-7-16(23-2)14(19)8-11/h4-9H,10H2,1-3H3. The van der Waals surface area contributed by atoms with Crippen LogP contribution in [0.25, 0.3) is 0 Å². The molecule has 0 N–H and O–H groups in total. The third kappa shape index (κ3) is 4.42. The van der Waals surface area contributed by atoms with E-state index in [1.807, 2.05) is 0 Å². The Labute approximate surface area is 150 Å². The van der Waals surface area contributed by atoms with Crippen LogP contribution in [-0.4, -0.2) is 39.7 Å². The molecule has 0 heterocycles. The Balaban J connectivity index is 2.07. The van der Waals surface area contributed by atoms with Crippen LogP contribution in [0.4, 0.5) is 0 Å². The summed E-state index contributed by atoms with van der Waals surface area (Å²) >= 11 is 5.99. The Morgan fingerprint density at radius 1 is 0.920 bits per heavy atom. The summed E-state index contributed by atoms with van der Waals surface area (Å²) in [6.45, 7) is -0.420. The van der Waals surface area contributed by atoms with E-state index in [4.69, 9.17) is 30.5 Å². The summed E-state index contributed by atoms with van der Waals surface area (Å²) in [7, 11) is 4.41. The van der Waals surface area contributed by atoms with Crippen LogP contribution in [-0.2, 0) is 4.74 Å². The van der Waals surface area contributed by atoms with Crippen LogP contribution in [0.1, 0.15) is 20.7 Å². The lowest BCUT2D eigenvalue weighted by Crippen LogP contribution is -2.15. The lowest BCUT2D eigenvalue weighted by Gasteiger charge is -2.10. The van der Waals surface area contributed by atoms with E-state index >= 15 is 0 Å². The quantitative estimate of drug-likeness (QED) is 0.554. The van der Waals surface area contributed by atoms with E-state index < -0.39 is 12.6 Å². The van der Waals surface area contributed by atoms with E-state index in [1.54, 1.807) is 24.3 Å². The van der Waals surface area contributed by atoms with Gasteiger partial charge in [-0.15, -0.1) is 0 Å². The topological polar surface area (TPSA) is 71.1 Å². The molecule has 6 nitrogen and oxygen atoms in total. The van der Waals surface area contributed by atoms with Crippen LogP contribution in [0.2, 0.25) is 5.02 Å². The zero-order chi connectivity index (χ0) is 18.4. The van der Waals surface area contributed by atoms with Crippen LogP contribution in [0.5, 0.6) is 17.2 Å². The lowest BCUT2D eigenvalue weighted by molar-refractivity contribution is 0.0471. The SMILES string of the molecule is COc1ccc(C(=O)OCC(=O)c2ccc(OC)c(Cl)c2)c(OC)c1. The van der Waals surface area contributed by atoms with Crippen molar-refractivity contribution in [3.05, 3.63) is 52.5 Å². The van der Waals surface area contributed by atoms with Crippen LogP contribution >= 0.6 is 11.6 Å². The third-order valence-electron chi connectivity index (χ3n) is 3.44. The molecule has 0 aliphatic heterocycles. The molecular weight excluding hydrogens is 348 g/mol. The molecule has 0 radical (unpaired) electrons. The van der Waals surface area contributed by atoms with E-state index in [0.29, 0.717) is 27.8 Å². The Hall–Kier alpha value is -2.73. The number of methoxy groups -OCH3 is 3. The minimum Gasteiger partial charge on any atom is -0.497 e. The second kappa shape index (κ2) is 8.39. The monoisotopic (exact) mass is 364 g/mol. The Bertz CT molecular complexity index is 787. The zero-order valence-electron chi connectivity index (χ0n) is 14.0. The summed E-state index contributed by atoms with van der Waals surface area (Å²) in [6, 6.07) is 9.25. The summed E-state index contributed by atoms with van der Waals surface area (Å²) < 4.78 is 20.3. The molecule has 0 aliphatic rings. The fourth-order valence-electron chi connectivity index (χ4n) is 2.10. The molecule has 7 heteroatoms. The molecule has 0 amide bonds. The maximum absolute atomic E-state index is 12.2. The van der Waals surface area contributed by atoms with E-state index in [9.17, 15) is 9.59 Å². The molecule has 2 aromatic rings. The van der Waals surface area contributed by atoms with Crippen molar-refractivity contribution in [2.24, 2.45) is 0 Å². The van der Waals surface area contributed by atoms with Crippen molar-refractivity contribution in [3.63, 3.8) is 0 Å². The highest BCUT2D eigenvalue weighted by atomic mass is 35.5. The van der Waals surface area contributed by atoms with Crippen LogP contribution in [0.15, 0.2) is 36.4 Å². The molecule has 0 fully saturated rings. The minimum absolute atomic E-state index is 0.198. The average molecular weight is 365 g/mol. The Kier molecular flexibility index (Phi) is 6.25. The van der Waals surface area contributed by atoms with Gasteiger partial charge >= 0.3 is 5.97 Å². The van der Waals surface area contributed by atoms with Crippen LogP contribution in [0, 0.1) is 0 Å². The summed E-state index contributed by atoms with van der Waals surface area (Å²) in [6.07, 6.45) is 0. The van der Waals surface area contributed by atoms with Crippen molar-refractivity contribution in [2.75, 3.05) is 27.9 Å². The fraction of sp³-hybridized carbons (Fsp3) is 0.222. The second-order valence-electron chi connectivity index (χ2n) is 4.91. The molecular formula is C18H17ClO6. The van der Waals surface area contributed by atoms with Gasteiger partial charge in [0.05, 0.1) is 26.4 Å². The van der Waals surface area contributed by atoms with Gasteiger partial charge in [-0.3, -0.25) is 4.79 Å². The van der Waals surface area contributed by atoms with Crippen molar-refractivity contribution in [1.82, 2.24) is 0 Å². The fourth-order valence-corrected chi connectivity index (χ4v) is 2.36. The summed E-state index contributed by atoms with van der Waals surface area (Å²) in [4.78, 5) is 24.3. The van der Waals surface area contributed by atoms with Gasteiger partial charge in [-0.2, -0.15) is 0 Å². The molecule has 0 bridgehead atoms. The van der Waals surface area contributed by atoms with Crippen molar-refractivity contribution >= 4 is 23.4 Å². The van der Waals surface area contributed by atoms with Gasteiger partial charge < -0.3 is 18.9 Å². The van der Waals surface area contributed by atoms with Gasteiger partial charge in [0, 0.05) is 11.6 Å². The average Bonchev–Trinajstić information content (AvgIpc) is 2.65. The predicted octanol–water partition coefficient (Wildman–Crippen LogP) is 3.41.